The van der Waals surface area contributed by atoms with Gasteiger partial charge in [-0.3, -0.25) is 5.84 Å². The Balaban J connectivity index is 2.49. The first-order valence-electron chi connectivity index (χ1n) is 4.98. The maximum atomic E-state index is 5.47. The fourth-order valence-corrected chi connectivity index (χ4v) is 2.08. The standard InChI is InChI=1S/C10H18N2O2S/c1-3-4-14-6-9(12-11)10-5-8(13-2)7-15-10/h5,7,9,12H,3-4,6,11H2,1-2H3. The van der Waals surface area contributed by atoms with Gasteiger partial charge in [-0.05, 0) is 12.5 Å². The molecule has 1 unspecified atom stereocenters. The summed E-state index contributed by atoms with van der Waals surface area (Å²) in [6.45, 7) is 3.44. The number of hydrogen-bond donors (Lipinski definition) is 2. The molecule has 0 aliphatic carbocycles. The van der Waals surface area contributed by atoms with E-state index in [0.717, 1.165) is 23.7 Å². The number of nitrogens with one attached hydrogen (secondary N) is 1. The molecule has 0 amide bonds. The number of thiophene rings is 1. The van der Waals surface area contributed by atoms with E-state index in [1.165, 1.54) is 0 Å². The van der Waals surface area contributed by atoms with E-state index in [9.17, 15) is 0 Å². The van der Waals surface area contributed by atoms with E-state index in [0.29, 0.717) is 6.61 Å². The first-order chi connectivity index (χ1) is 7.31. The van der Waals surface area contributed by atoms with Gasteiger partial charge < -0.3 is 9.47 Å². The number of methoxy groups -OCH3 is 1. The maximum absolute atomic E-state index is 5.47. The van der Waals surface area contributed by atoms with Crippen molar-refractivity contribution in [2.75, 3.05) is 20.3 Å². The highest BCUT2D eigenvalue weighted by atomic mass is 32.1. The highest BCUT2D eigenvalue weighted by Crippen LogP contribution is 2.26. The van der Waals surface area contributed by atoms with Gasteiger partial charge in [0, 0.05) is 16.9 Å². The third-order valence-electron chi connectivity index (χ3n) is 2.01. The molecule has 0 aromatic carbocycles. The Morgan fingerprint density at radius 1 is 1.60 bits per heavy atom. The molecule has 15 heavy (non-hydrogen) atoms. The molecule has 0 spiro atoms. The molecule has 4 nitrogen and oxygen atoms in total. The molecular formula is C10H18N2O2S. The van der Waals surface area contributed by atoms with Crippen molar-refractivity contribution >= 4 is 11.3 Å². The van der Waals surface area contributed by atoms with Crippen molar-refractivity contribution in [2.24, 2.45) is 5.84 Å². The second-order valence-corrected chi connectivity index (χ2v) is 4.13. The van der Waals surface area contributed by atoms with Gasteiger partial charge in [0.1, 0.15) is 5.75 Å². The van der Waals surface area contributed by atoms with Crippen LogP contribution in [-0.2, 0) is 4.74 Å². The molecule has 0 radical (unpaired) electrons. The van der Waals surface area contributed by atoms with Crippen LogP contribution in [0.3, 0.4) is 0 Å². The molecule has 0 aliphatic rings. The average Bonchev–Trinajstić information content (AvgIpc) is 2.73. The van der Waals surface area contributed by atoms with E-state index in [1.807, 2.05) is 11.4 Å². The minimum Gasteiger partial charge on any atom is -0.496 e. The van der Waals surface area contributed by atoms with Crippen molar-refractivity contribution in [1.82, 2.24) is 5.43 Å². The van der Waals surface area contributed by atoms with E-state index in [1.54, 1.807) is 18.4 Å². The monoisotopic (exact) mass is 230 g/mol. The Kier molecular flexibility index (Phi) is 5.63. The third kappa shape index (κ3) is 3.79. The van der Waals surface area contributed by atoms with Crippen LogP contribution in [0, 0.1) is 0 Å². The first kappa shape index (κ1) is 12.4. The van der Waals surface area contributed by atoms with Gasteiger partial charge in [0.2, 0.25) is 0 Å². The molecule has 1 aromatic heterocycles. The summed E-state index contributed by atoms with van der Waals surface area (Å²) in [5.74, 6) is 6.34. The zero-order valence-corrected chi connectivity index (χ0v) is 9.97. The van der Waals surface area contributed by atoms with Crippen LogP contribution in [-0.4, -0.2) is 20.3 Å². The van der Waals surface area contributed by atoms with Crippen molar-refractivity contribution in [2.45, 2.75) is 19.4 Å². The Morgan fingerprint density at radius 3 is 2.93 bits per heavy atom. The summed E-state index contributed by atoms with van der Waals surface area (Å²) in [5, 5.41) is 1.96. The van der Waals surface area contributed by atoms with Gasteiger partial charge in [0.25, 0.3) is 0 Å². The highest BCUT2D eigenvalue weighted by Gasteiger charge is 2.12. The molecule has 0 saturated heterocycles. The van der Waals surface area contributed by atoms with Crippen LogP contribution >= 0.6 is 11.3 Å². The maximum Gasteiger partial charge on any atom is 0.129 e. The zero-order valence-electron chi connectivity index (χ0n) is 9.16. The van der Waals surface area contributed by atoms with Crippen molar-refractivity contribution in [3.63, 3.8) is 0 Å². The lowest BCUT2D eigenvalue weighted by Gasteiger charge is -2.13. The molecule has 0 bridgehead atoms. The van der Waals surface area contributed by atoms with Crippen molar-refractivity contribution < 1.29 is 9.47 Å². The molecule has 1 heterocycles. The summed E-state index contributed by atoms with van der Waals surface area (Å²) in [4.78, 5) is 1.13. The summed E-state index contributed by atoms with van der Waals surface area (Å²) in [6.07, 6.45) is 1.02. The number of rotatable bonds is 7. The second kappa shape index (κ2) is 6.79. The van der Waals surface area contributed by atoms with E-state index < -0.39 is 0 Å². The molecule has 0 saturated carbocycles. The molecule has 1 aromatic rings. The largest absolute Gasteiger partial charge is 0.496 e. The van der Waals surface area contributed by atoms with E-state index in [-0.39, 0.29) is 6.04 Å². The molecular weight excluding hydrogens is 212 g/mol. The Labute approximate surface area is 94.3 Å². The topological polar surface area (TPSA) is 56.5 Å². The lowest BCUT2D eigenvalue weighted by Crippen LogP contribution is -2.30. The Hall–Kier alpha value is -0.620. The molecule has 5 heteroatoms. The minimum absolute atomic E-state index is 0.0467. The van der Waals surface area contributed by atoms with Gasteiger partial charge in [-0.25, -0.2) is 5.43 Å². The molecule has 3 N–H and O–H groups in total. The lowest BCUT2D eigenvalue weighted by atomic mass is 10.2. The average molecular weight is 230 g/mol. The van der Waals surface area contributed by atoms with Crippen LogP contribution in [0.15, 0.2) is 11.4 Å². The van der Waals surface area contributed by atoms with E-state index in [4.69, 9.17) is 15.3 Å². The normalized spacial score (nSPS) is 12.7. The van der Waals surface area contributed by atoms with Gasteiger partial charge in [-0.15, -0.1) is 11.3 Å². The second-order valence-electron chi connectivity index (χ2n) is 3.18. The van der Waals surface area contributed by atoms with Gasteiger partial charge in [-0.2, -0.15) is 0 Å². The minimum atomic E-state index is 0.0467. The van der Waals surface area contributed by atoms with Crippen LogP contribution in [0.25, 0.3) is 0 Å². The summed E-state index contributed by atoms with van der Waals surface area (Å²) >= 11 is 1.62. The predicted octanol–water partition coefficient (Wildman–Crippen LogP) is 1.69. The number of hydrogen-bond acceptors (Lipinski definition) is 5. The molecule has 0 aliphatic heterocycles. The summed E-state index contributed by atoms with van der Waals surface area (Å²) < 4.78 is 10.6. The first-order valence-corrected chi connectivity index (χ1v) is 5.86. The van der Waals surface area contributed by atoms with E-state index in [2.05, 4.69) is 12.3 Å². The number of hydrazine groups is 1. The van der Waals surface area contributed by atoms with Gasteiger partial charge in [0.15, 0.2) is 0 Å². The smallest absolute Gasteiger partial charge is 0.129 e. The molecule has 86 valence electrons. The number of ether oxygens (including phenoxy) is 2. The zero-order chi connectivity index (χ0) is 11.1. The third-order valence-corrected chi connectivity index (χ3v) is 3.03. The van der Waals surface area contributed by atoms with Crippen LogP contribution in [0.2, 0.25) is 0 Å². The fraction of sp³-hybridized carbons (Fsp3) is 0.600. The Bertz CT molecular complexity index is 278. The molecule has 1 atom stereocenters. The number of nitrogens with two attached hydrogens (primary N) is 1. The van der Waals surface area contributed by atoms with Crippen molar-refractivity contribution in [3.8, 4) is 5.75 Å². The summed E-state index contributed by atoms with van der Waals surface area (Å²) in [7, 11) is 1.66. The van der Waals surface area contributed by atoms with Crippen LogP contribution in [0.5, 0.6) is 5.75 Å². The lowest BCUT2D eigenvalue weighted by molar-refractivity contribution is 0.113. The van der Waals surface area contributed by atoms with Crippen LogP contribution in [0.1, 0.15) is 24.3 Å². The fourth-order valence-electron chi connectivity index (χ4n) is 1.18. The van der Waals surface area contributed by atoms with Gasteiger partial charge in [-0.1, -0.05) is 6.92 Å². The predicted molar refractivity (Wildman–Crippen MR) is 62.0 cm³/mol. The van der Waals surface area contributed by atoms with Gasteiger partial charge in [0.05, 0.1) is 19.8 Å². The van der Waals surface area contributed by atoms with Crippen molar-refractivity contribution in [3.05, 3.63) is 16.3 Å². The van der Waals surface area contributed by atoms with Crippen molar-refractivity contribution in [1.29, 1.82) is 0 Å². The Morgan fingerprint density at radius 2 is 2.40 bits per heavy atom. The summed E-state index contributed by atoms with van der Waals surface area (Å²) in [6, 6.07) is 2.02. The SMILES string of the molecule is CCCOCC(NN)c1cc(OC)cs1. The van der Waals surface area contributed by atoms with E-state index >= 15 is 0 Å². The van der Waals surface area contributed by atoms with Gasteiger partial charge >= 0.3 is 0 Å². The highest BCUT2D eigenvalue weighted by molar-refractivity contribution is 7.10. The molecule has 0 fully saturated rings. The quantitative estimate of drug-likeness (QED) is 0.425. The molecule has 1 rings (SSSR count). The van der Waals surface area contributed by atoms with Crippen LogP contribution < -0.4 is 16.0 Å². The van der Waals surface area contributed by atoms with Crippen LogP contribution in [0.4, 0.5) is 0 Å². The summed E-state index contributed by atoms with van der Waals surface area (Å²) in [5.41, 5.74) is 2.74.